The van der Waals surface area contributed by atoms with Gasteiger partial charge in [0, 0.05) is 17.3 Å². The normalized spacial score (nSPS) is 12.5. The summed E-state index contributed by atoms with van der Waals surface area (Å²) in [6.07, 6.45) is 3.26. The Morgan fingerprint density at radius 3 is 2.63 bits per heavy atom. The van der Waals surface area contributed by atoms with Crippen LogP contribution in [0.15, 0.2) is 12.1 Å². The number of hydrogen-bond donors (Lipinski definition) is 2. The van der Waals surface area contributed by atoms with Gasteiger partial charge in [-0.05, 0) is 31.4 Å². The summed E-state index contributed by atoms with van der Waals surface area (Å²) in [6, 6.07) is 3.64. The van der Waals surface area contributed by atoms with Crippen LogP contribution in [0, 0.1) is 0 Å². The van der Waals surface area contributed by atoms with E-state index in [0.29, 0.717) is 11.4 Å². The summed E-state index contributed by atoms with van der Waals surface area (Å²) in [6.45, 7) is 8.25. The van der Waals surface area contributed by atoms with Crippen molar-refractivity contribution in [3.8, 4) is 0 Å². The molecule has 1 atom stereocenters. The molecule has 4 nitrogen and oxygen atoms in total. The summed E-state index contributed by atoms with van der Waals surface area (Å²) >= 11 is 0. The predicted octanol–water partition coefficient (Wildman–Crippen LogP) is 3.10. The van der Waals surface area contributed by atoms with Gasteiger partial charge in [0.2, 0.25) is 0 Å². The Morgan fingerprint density at radius 2 is 2.05 bits per heavy atom. The Labute approximate surface area is 115 Å². The van der Waals surface area contributed by atoms with Gasteiger partial charge in [0.05, 0.1) is 0 Å². The Hall–Kier alpha value is -1.58. The number of nitrogen functional groups attached to an aromatic ring is 1. The van der Waals surface area contributed by atoms with E-state index in [1.54, 1.807) is 6.07 Å². The van der Waals surface area contributed by atoms with E-state index in [2.05, 4.69) is 17.2 Å². The second kappa shape index (κ2) is 7.12. The van der Waals surface area contributed by atoms with E-state index >= 15 is 0 Å². The van der Waals surface area contributed by atoms with Crippen molar-refractivity contribution in [2.24, 2.45) is 0 Å². The third kappa shape index (κ3) is 4.89. The molecule has 0 aliphatic rings. The number of pyridine rings is 1. The molecule has 0 aromatic carbocycles. The lowest BCUT2D eigenvalue weighted by Gasteiger charge is -2.14. The molecule has 4 heteroatoms. The van der Waals surface area contributed by atoms with Crippen LogP contribution >= 0.6 is 0 Å². The Morgan fingerprint density at radius 1 is 1.37 bits per heavy atom. The number of aromatic nitrogens is 1. The van der Waals surface area contributed by atoms with Crippen LogP contribution in [0.25, 0.3) is 0 Å². The molecule has 0 saturated carbocycles. The average Bonchev–Trinajstić information content (AvgIpc) is 2.35. The predicted molar refractivity (Wildman–Crippen MR) is 79.2 cm³/mol. The molecule has 1 aromatic heterocycles. The van der Waals surface area contributed by atoms with Crippen molar-refractivity contribution in [2.75, 3.05) is 5.73 Å². The minimum Gasteiger partial charge on any atom is -0.384 e. The van der Waals surface area contributed by atoms with Gasteiger partial charge in [-0.3, -0.25) is 4.79 Å². The number of unbranched alkanes of at least 4 members (excludes halogenated alkanes) is 1. The molecule has 3 N–H and O–H groups in total. The molecule has 1 rings (SSSR count). The van der Waals surface area contributed by atoms with Crippen molar-refractivity contribution in [2.45, 2.75) is 58.9 Å². The molecule has 0 spiro atoms. The summed E-state index contributed by atoms with van der Waals surface area (Å²) in [4.78, 5) is 16.4. The molecule has 0 fully saturated rings. The van der Waals surface area contributed by atoms with Crippen LogP contribution in [-0.2, 0) is 0 Å². The van der Waals surface area contributed by atoms with Gasteiger partial charge in [-0.1, -0.05) is 33.6 Å². The minimum absolute atomic E-state index is 0.0698. The highest BCUT2D eigenvalue weighted by Gasteiger charge is 2.13. The van der Waals surface area contributed by atoms with Crippen LogP contribution < -0.4 is 11.1 Å². The van der Waals surface area contributed by atoms with Gasteiger partial charge in [-0.25, -0.2) is 4.98 Å². The van der Waals surface area contributed by atoms with Crippen LogP contribution in [0.2, 0.25) is 0 Å². The fraction of sp³-hybridized carbons (Fsp3) is 0.600. The van der Waals surface area contributed by atoms with Gasteiger partial charge in [-0.2, -0.15) is 0 Å². The number of anilines is 1. The Kier molecular flexibility index (Phi) is 5.80. The van der Waals surface area contributed by atoms with Crippen molar-refractivity contribution in [1.82, 2.24) is 10.3 Å². The second-order valence-corrected chi connectivity index (χ2v) is 5.38. The van der Waals surface area contributed by atoms with Gasteiger partial charge in [-0.15, -0.1) is 0 Å². The van der Waals surface area contributed by atoms with Crippen molar-refractivity contribution in [3.63, 3.8) is 0 Å². The highest BCUT2D eigenvalue weighted by atomic mass is 16.1. The second-order valence-electron chi connectivity index (χ2n) is 5.38. The molecule has 0 aliphatic carbocycles. The van der Waals surface area contributed by atoms with E-state index in [9.17, 15) is 4.79 Å². The van der Waals surface area contributed by atoms with Crippen molar-refractivity contribution >= 4 is 11.7 Å². The maximum atomic E-state index is 12.2. The minimum atomic E-state index is -0.0698. The number of nitrogens with one attached hydrogen (secondary N) is 1. The van der Waals surface area contributed by atoms with E-state index in [4.69, 9.17) is 5.73 Å². The molecule has 19 heavy (non-hydrogen) atoms. The number of nitrogens with two attached hydrogens (primary N) is 1. The molecule has 0 bridgehead atoms. The van der Waals surface area contributed by atoms with E-state index in [1.165, 1.54) is 0 Å². The zero-order valence-electron chi connectivity index (χ0n) is 12.4. The first-order valence-corrected chi connectivity index (χ1v) is 7.02. The maximum absolute atomic E-state index is 12.2. The van der Waals surface area contributed by atoms with Gasteiger partial charge >= 0.3 is 0 Å². The van der Waals surface area contributed by atoms with E-state index in [0.717, 1.165) is 25.0 Å². The molecule has 1 unspecified atom stereocenters. The quantitative estimate of drug-likeness (QED) is 0.828. The van der Waals surface area contributed by atoms with Gasteiger partial charge < -0.3 is 11.1 Å². The maximum Gasteiger partial charge on any atom is 0.251 e. The molecule has 0 radical (unpaired) electrons. The zero-order valence-corrected chi connectivity index (χ0v) is 12.4. The van der Waals surface area contributed by atoms with E-state index in [1.807, 2.05) is 26.8 Å². The third-order valence-electron chi connectivity index (χ3n) is 3.09. The summed E-state index contributed by atoms with van der Waals surface area (Å²) < 4.78 is 0. The number of hydrogen-bond acceptors (Lipinski definition) is 3. The fourth-order valence-corrected chi connectivity index (χ4v) is 1.89. The van der Waals surface area contributed by atoms with Crippen LogP contribution in [0.5, 0.6) is 0 Å². The summed E-state index contributed by atoms with van der Waals surface area (Å²) in [5.41, 5.74) is 7.20. The lowest BCUT2D eigenvalue weighted by Crippen LogP contribution is -2.32. The molecular formula is C15H25N3O. The van der Waals surface area contributed by atoms with Crippen LogP contribution in [0.4, 0.5) is 5.82 Å². The first-order valence-electron chi connectivity index (χ1n) is 7.02. The highest BCUT2D eigenvalue weighted by molar-refractivity contribution is 5.95. The van der Waals surface area contributed by atoms with Gasteiger partial charge in [0.25, 0.3) is 5.91 Å². The molecule has 0 aliphatic heterocycles. The lowest BCUT2D eigenvalue weighted by molar-refractivity contribution is 0.0938. The first kappa shape index (κ1) is 15.5. The summed E-state index contributed by atoms with van der Waals surface area (Å²) in [5.74, 6) is 0.588. The molecule has 0 saturated heterocycles. The third-order valence-corrected chi connectivity index (χ3v) is 3.09. The molecule has 106 valence electrons. The van der Waals surface area contributed by atoms with Crippen LogP contribution in [0.1, 0.15) is 68.9 Å². The number of carbonyl (C=O) groups excluding carboxylic acids is 1. The highest BCUT2D eigenvalue weighted by Crippen LogP contribution is 2.16. The number of nitrogens with zero attached hydrogens (tertiary/aromatic N) is 1. The summed E-state index contributed by atoms with van der Waals surface area (Å²) in [5, 5.41) is 3.00. The van der Waals surface area contributed by atoms with Gasteiger partial charge in [0.15, 0.2) is 0 Å². The van der Waals surface area contributed by atoms with E-state index < -0.39 is 0 Å². The SMILES string of the molecule is CCCCC(C)NC(=O)c1cc(N)nc(C(C)C)c1. The largest absolute Gasteiger partial charge is 0.384 e. The lowest BCUT2D eigenvalue weighted by atomic mass is 10.1. The topological polar surface area (TPSA) is 68.0 Å². The monoisotopic (exact) mass is 263 g/mol. The Bertz CT molecular complexity index is 429. The van der Waals surface area contributed by atoms with Crippen molar-refractivity contribution in [3.05, 3.63) is 23.4 Å². The smallest absolute Gasteiger partial charge is 0.251 e. The standard InChI is InChI=1S/C15H25N3O/c1-5-6-7-11(4)17-15(19)12-8-13(10(2)3)18-14(16)9-12/h8-11H,5-7H2,1-4H3,(H2,16,18)(H,17,19). The first-order chi connectivity index (χ1) is 8.93. The van der Waals surface area contributed by atoms with Gasteiger partial charge in [0.1, 0.15) is 5.82 Å². The van der Waals surface area contributed by atoms with Crippen LogP contribution in [-0.4, -0.2) is 16.9 Å². The number of rotatable bonds is 6. The average molecular weight is 263 g/mol. The van der Waals surface area contributed by atoms with Crippen molar-refractivity contribution in [1.29, 1.82) is 0 Å². The number of amides is 1. The van der Waals surface area contributed by atoms with Crippen molar-refractivity contribution < 1.29 is 4.79 Å². The molecular weight excluding hydrogens is 238 g/mol. The number of carbonyl (C=O) groups is 1. The van der Waals surface area contributed by atoms with Crippen LogP contribution in [0.3, 0.4) is 0 Å². The molecule has 1 heterocycles. The summed E-state index contributed by atoms with van der Waals surface area (Å²) in [7, 11) is 0. The van der Waals surface area contributed by atoms with E-state index in [-0.39, 0.29) is 17.9 Å². The molecule has 1 aromatic rings. The fourth-order valence-electron chi connectivity index (χ4n) is 1.89. The molecule has 1 amide bonds. The zero-order chi connectivity index (χ0) is 14.4. The Balaban J connectivity index is 2.76.